The minimum Gasteiger partial charge on any atom is -0.421 e. The van der Waals surface area contributed by atoms with Gasteiger partial charge in [0.25, 0.3) is 0 Å². The van der Waals surface area contributed by atoms with E-state index < -0.39 is 0 Å². The number of aryl methyl sites for hydroxylation is 2. The Morgan fingerprint density at radius 2 is 1.65 bits per heavy atom. The van der Waals surface area contributed by atoms with Gasteiger partial charge in [-0.15, -0.1) is 10.2 Å². The SMILES string of the molecule is Cc1ccc(-c2nnc(CCC(=O)Nc3ccccc3NC(=O)N3CCCC3)o2)cc1. The van der Waals surface area contributed by atoms with Crippen molar-refractivity contribution in [1.82, 2.24) is 15.1 Å². The van der Waals surface area contributed by atoms with E-state index in [0.717, 1.165) is 37.1 Å². The van der Waals surface area contributed by atoms with Crippen molar-refractivity contribution in [3.05, 3.63) is 60.0 Å². The lowest BCUT2D eigenvalue weighted by Crippen LogP contribution is -2.32. The van der Waals surface area contributed by atoms with Gasteiger partial charge in [-0.2, -0.15) is 0 Å². The minimum absolute atomic E-state index is 0.145. The molecule has 2 aromatic carbocycles. The first-order valence-corrected chi connectivity index (χ1v) is 10.4. The van der Waals surface area contributed by atoms with Crippen molar-refractivity contribution in [3.8, 4) is 11.5 Å². The molecule has 2 N–H and O–H groups in total. The maximum Gasteiger partial charge on any atom is 0.321 e. The highest BCUT2D eigenvalue weighted by molar-refractivity contribution is 5.99. The van der Waals surface area contributed by atoms with E-state index >= 15 is 0 Å². The monoisotopic (exact) mass is 419 g/mol. The van der Waals surface area contributed by atoms with Crippen LogP contribution in [0.15, 0.2) is 52.9 Å². The zero-order valence-electron chi connectivity index (χ0n) is 17.4. The molecule has 1 fully saturated rings. The summed E-state index contributed by atoms with van der Waals surface area (Å²) < 4.78 is 5.68. The topological polar surface area (TPSA) is 100 Å². The fraction of sp³-hybridized carbons (Fsp3) is 0.304. The number of hydrogen-bond acceptors (Lipinski definition) is 5. The average Bonchev–Trinajstić information content (AvgIpc) is 3.47. The Morgan fingerprint density at radius 3 is 2.35 bits per heavy atom. The molecule has 3 aromatic rings. The molecule has 8 nitrogen and oxygen atoms in total. The van der Waals surface area contributed by atoms with E-state index in [0.29, 0.717) is 29.6 Å². The summed E-state index contributed by atoms with van der Waals surface area (Å²) in [7, 11) is 0. The Hall–Kier alpha value is -3.68. The molecule has 1 aliphatic heterocycles. The van der Waals surface area contributed by atoms with E-state index in [1.807, 2.05) is 43.3 Å². The van der Waals surface area contributed by atoms with E-state index in [1.165, 1.54) is 0 Å². The summed E-state index contributed by atoms with van der Waals surface area (Å²) in [5.41, 5.74) is 3.13. The van der Waals surface area contributed by atoms with Gasteiger partial charge in [-0.3, -0.25) is 4.79 Å². The van der Waals surface area contributed by atoms with E-state index in [4.69, 9.17) is 4.42 Å². The highest BCUT2D eigenvalue weighted by atomic mass is 16.4. The predicted molar refractivity (Wildman–Crippen MR) is 118 cm³/mol. The van der Waals surface area contributed by atoms with Crippen LogP contribution in [0.3, 0.4) is 0 Å². The summed E-state index contributed by atoms with van der Waals surface area (Å²) in [5.74, 6) is 0.643. The third-order valence-electron chi connectivity index (χ3n) is 5.17. The van der Waals surface area contributed by atoms with Crippen molar-refractivity contribution in [3.63, 3.8) is 0 Å². The van der Waals surface area contributed by atoms with Crippen molar-refractivity contribution in [2.45, 2.75) is 32.6 Å². The van der Waals surface area contributed by atoms with Gasteiger partial charge in [-0.25, -0.2) is 4.79 Å². The standard InChI is InChI=1S/C23H25N5O3/c1-16-8-10-17(11-9-16)22-27-26-21(31-22)13-12-20(29)24-18-6-2-3-7-19(18)25-23(30)28-14-4-5-15-28/h2-3,6-11H,4-5,12-15H2,1H3,(H,24,29)(H,25,30). The van der Waals surface area contributed by atoms with Gasteiger partial charge in [0.1, 0.15) is 0 Å². The van der Waals surface area contributed by atoms with Gasteiger partial charge in [0.2, 0.25) is 17.7 Å². The smallest absolute Gasteiger partial charge is 0.321 e. The fourth-order valence-corrected chi connectivity index (χ4v) is 3.42. The third kappa shape index (κ3) is 5.28. The highest BCUT2D eigenvalue weighted by Crippen LogP contribution is 2.23. The number of para-hydroxylation sites is 2. The van der Waals surface area contributed by atoms with Crippen LogP contribution < -0.4 is 10.6 Å². The molecule has 0 spiro atoms. The number of carbonyl (C=O) groups excluding carboxylic acids is 2. The molecule has 0 unspecified atom stereocenters. The van der Waals surface area contributed by atoms with Crippen LogP contribution in [0.4, 0.5) is 16.2 Å². The Kier molecular flexibility index (Phi) is 6.26. The minimum atomic E-state index is -0.196. The van der Waals surface area contributed by atoms with Crippen LogP contribution in [-0.4, -0.2) is 40.1 Å². The second-order valence-corrected chi connectivity index (χ2v) is 7.59. The summed E-state index contributed by atoms with van der Waals surface area (Å²) in [6.07, 6.45) is 2.55. The molecule has 4 rings (SSSR count). The van der Waals surface area contributed by atoms with Gasteiger partial charge in [0, 0.05) is 31.5 Å². The second kappa shape index (κ2) is 9.42. The highest BCUT2D eigenvalue weighted by Gasteiger charge is 2.19. The molecule has 8 heteroatoms. The van der Waals surface area contributed by atoms with Gasteiger partial charge in [-0.05, 0) is 44.0 Å². The maximum atomic E-state index is 12.5. The summed E-state index contributed by atoms with van der Waals surface area (Å²) in [6.45, 7) is 3.53. The molecular weight excluding hydrogens is 394 g/mol. The van der Waals surface area contributed by atoms with Crippen LogP contribution in [0.1, 0.15) is 30.7 Å². The van der Waals surface area contributed by atoms with E-state index in [1.54, 1.807) is 17.0 Å². The second-order valence-electron chi connectivity index (χ2n) is 7.59. The zero-order chi connectivity index (χ0) is 21.6. The number of likely N-dealkylation sites (tertiary alicyclic amines) is 1. The first-order valence-electron chi connectivity index (χ1n) is 10.4. The molecular formula is C23H25N5O3. The van der Waals surface area contributed by atoms with Crippen molar-refractivity contribution < 1.29 is 14.0 Å². The van der Waals surface area contributed by atoms with Crippen LogP contribution in [-0.2, 0) is 11.2 Å². The molecule has 1 aromatic heterocycles. The van der Waals surface area contributed by atoms with Gasteiger partial charge in [-0.1, -0.05) is 29.8 Å². The van der Waals surface area contributed by atoms with E-state index in [2.05, 4.69) is 20.8 Å². The van der Waals surface area contributed by atoms with Gasteiger partial charge >= 0.3 is 6.03 Å². The molecule has 0 radical (unpaired) electrons. The number of aromatic nitrogens is 2. The number of nitrogens with zero attached hydrogens (tertiary/aromatic N) is 3. The number of rotatable bonds is 6. The Labute approximate surface area is 180 Å². The van der Waals surface area contributed by atoms with Gasteiger partial charge in [0.15, 0.2) is 0 Å². The molecule has 0 bridgehead atoms. The molecule has 0 atom stereocenters. The number of benzene rings is 2. The van der Waals surface area contributed by atoms with E-state index in [-0.39, 0.29) is 18.4 Å². The summed E-state index contributed by atoms with van der Waals surface area (Å²) >= 11 is 0. The molecule has 0 saturated carbocycles. The third-order valence-corrected chi connectivity index (χ3v) is 5.17. The zero-order valence-corrected chi connectivity index (χ0v) is 17.4. The Morgan fingerprint density at radius 1 is 0.968 bits per heavy atom. The number of urea groups is 1. The van der Waals surface area contributed by atoms with Crippen LogP contribution in [0, 0.1) is 6.92 Å². The van der Waals surface area contributed by atoms with Crippen molar-refractivity contribution in [1.29, 1.82) is 0 Å². The Balaban J connectivity index is 1.33. The number of carbonyl (C=O) groups is 2. The summed E-state index contributed by atoms with van der Waals surface area (Å²) in [4.78, 5) is 26.6. The van der Waals surface area contributed by atoms with Gasteiger partial charge in [0.05, 0.1) is 11.4 Å². The van der Waals surface area contributed by atoms with E-state index in [9.17, 15) is 9.59 Å². The largest absolute Gasteiger partial charge is 0.421 e. The lowest BCUT2D eigenvalue weighted by Gasteiger charge is -2.18. The molecule has 160 valence electrons. The van der Waals surface area contributed by atoms with Crippen molar-refractivity contribution in [2.75, 3.05) is 23.7 Å². The molecule has 3 amide bonds. The maximum absolute atomic E-state index is 12.5. The van der Waals surface area contributed by atoms with Crippen molar-refractivity contribution in [2.24, 2.45) is 0 Å². The first kappa shape index (κ1) is 20.6. The molecule has 2 heterocycles. The van der Waals surface area contributed by atoms with Crippen LogP contribution >= 0.6 is 0 Å². The molecule has 0 aliphatic carbocycles. The number of amides is 3. The van der Waals surface area contributed by atoms with Crippen LogP contribution in [0.25, 0.3) is 11.5 Å². The summed E-state index contributed by atoms with van der Waals surface area (Å²) in [5, 5.41) is 13.8. The molecule has 1 saturated heterocycles. The van der Waals surface area contributed by atoms with Crippen LogP contribution in [0.2, 0.25) is 0 Å². The van der Waals surface area contributed by atoms with Gasteiger partial charge < -0.3 is 20.0 Å². The number of anilines is 2. The summed E-state index contributed by atoms with van der Waals surface area (Å²) in [6, 6.07) is 14.8. The van der Waals surface area contributed by atoms with Crippen molar-refractivity contribution >= 4 is 23.3 Å². The fourth-order valence-electron chi connectivity index (χ4n) is 3.42. The Bertz CT molecular complexity index is 1060. The quantitative estimate of drug-likeness (QED) is 0.622. The number of nitrogens with one attached hydrogen (secondary N) is 2. The number of hydrogen-bond donors (Lipinski definition) is 2. The predicted octanol–water partition coefficient (Wildman–Crippen LogP) is 4.24. The lowest BCUT2D eigenvalue weighted by atomic mass is 10.1. The lowest BCUT2D eigenvalue weighted by molar-refractivity contribution is -0.116. The molecule has 1 aliphatic rings. The molecule has 31 heavy (non-hydrogen) atoms. The first-order chi connectivity index (χ1) is 15.1. The van der Waals surface area contributed by atoms with Crippen LogP contribution in [0.5, 0.6) is 0 Å². The normalized spacial score (nSPS) is 13.3. The average molecular weight is 419 g/mol.